The summed E-state index contributed by atoms with van der Waals surface area (Å²) in [5, 5.41) is 9.43. The van der Waals surface area contributed by atoms with Gasteiger partial charge in [0.05, 0.1) is 12.0 Å². The summed E-state index contributed by atoms with van der Waals surface area (Å²) in [6.45, 7) is 3.11. The highest BCUT2D eigenvalue weighted by Gasteiger charge is 2.47. The third-order valence-electron chi connectivity index (χ3n) is 7.52. The molecule has 0 radical (unpaired) electrons. The van der Waals surface area contributed by atoms with Crippen molar-refractivity contribution < 1.29 is 19.0 Å². The van der Waals surface area contributed by atoms with Crippen LogP contribution in [-0.4, -0.2) is 88.4 Å². The van der Waals surface area contributed by atoms with Crippen molar-refractivity contribution in [2.75, 3.05) is 51.3 Å². The van der Waals surface area contributed by atoms with Crippen LogP contribution in [0.5, 0.6) is 6.01 Å². The van der Waals surface area contributed by atoms with Gasteiger partial charge < -0.3 is 24.5 Å². The molecule has 33 heavy (non-hydrogen) atoms. The van der Waals surface area contributed by atoms with Crippen molar-refractivity contribution >= 4 is 34.4 Å². The Bertz CT molecular complexity index is 1070. The minimum absolute atomic E-state index is 0.0625. The Morgan fingerprint density at radius 1 is 1.24 bits per heavy atom. The normalized spacial score (nSPS) is 26.0. The van der Waals surface area contributed by atoms with Gasteiger partial charge in [0.15, 0.2) is 11.0 Å². The van der Waals surface area contributed by atoms with Gasteiger partial charge in [0.2, 0.25) is 0 Å². The van der Waals surface area contributed by atoms with E-state index in [2.05, 4.69) is 26.9 Å². The second kappa shape index (κ2) is 8.72. The molecular weight excluding hydrogens is 451 g/mol. The first kappa shape index (κ1) is 22.3. The molecule has 3 fully saturated rings. The number of fused-ring (bicyclic) bond motifs is 2. The van der Waals surface area contributed by atoms with Crippen LogP contribution >= 0.6 is 11.6 Å². The van der Waals surface area contributed by atoms with E-state index in [0.29, 0.717) is 50.0 Å². The summed E-state index contributed by atoms with van der Waals surface area (Å²) in [6, 6.07) is 0.596. The van der Waals surface area contributed by atoms with E-state index in [4.69, 9.17) is 16.3 Å². The van der Waals surface area contributed by atoms with Crippen LogP contribution in [0.4, 0.5) is 15.0 Å². The van der Waals surface area contributed by atoms with Crippen LogP contribution < -0.4 is 9.64 Å². The van der Waals surface area contributed by atoms with E-state index in [0.717, 1.165) is 32.2 Å². The van der Waals surface area contributed by atoms with Crippen LogP contribution in [0.3, 0.4) is 0 Å². The SMILES string of the molecule is CN1CCC[C@@]2(COc3nc(N4CCN(C(=O)O)CC4)c4cnc(Cl)c(F)c4n3)CCC[C@@H]12. The lowest BCUT2D eigenvalue weighted by atomic mass is 9.76. The van der Waals surface area contributed by atoms with E-state index in [1.54, 1.807) is 0 Å². The lowest BCUT2D eigenvalue weighted by molar-refractivity contribution is 0.0133. The number of hydrogen-bond donors (Lipinski definition) is 1. The molecule has 2 aromatic heterocycles. The second-order valence-electron chi connectivity index (χ2n) is 9.35. The number of piperidine rings is 1. The fourth-order valence-corrected chi connectivity index (χ4v) is 5.94. The van der Waals surface area contributed by atoms with Crippen molar-refractivity contribution in [3.05, 3.63) is 17.2 Å². The van der Waals surface area contributed by atoms with Gasteiger partial charge in [-0.3, -0.25) is 0 Å². The third-order valence-corrected chi connectivity index (χ3v) is 7.78. The van der Waals surface area contributed by atoms with Crippen LogP contribution in [-0.2, 0) is 0 Å². The first-order chi connectivity index (χ1) is 15.9. The first-order valence-electron chi connectivity index (χ1n) is 11.5. The Hall–Kier alpha value is -2.46. The van der Waals surface area contributed by atoms with Crippen LogP contribution in [0, 0.1) is 11.2 Å². The maximum atomic E-state index is 14.9. The molecule has 0 aromatic carbocycles. The van der Waals surface area contributed by atoms with E-state index in [-0.39, 0.29) is 22.1 Å². The van der Waals surface area contributed by atoms with Crippen LogP contribution in [0.15, 0.2) is 6.20 Å². The fourth-order valence-electron chi connectivity index (χ4n) is 5.80. The average Bonchev–Trinajstić information content (AvgIpc) is 3.26. The minimum Gasteiger partial charge on any atom is -0.465 e. The molecule has 2 atom stereocenters. The molecule has 0 unspecified atom stereocenters. The molecule has 5 rings (SSSR count). The zero-order chi connectivity index (χ0) is 23.2. The summed E-state index contributed by atoms with van der Waals surface area (Å²) in [5.41, 5.74) is 0.129. The van der Waals surface area contributed by atoms with Crippen molar-refractivity contribution in [2.24, 2.45) is 5.41 Å². The number of ether oxygens (including phenoxy) is 1. The Kier molecular flexibility index (Phi) is 5.90. The van der Waals surface area contributed by atoms with Gasteiger partial charge >= 0.3 is 12.1 Å². The third kappa shape index (κ3) is 4.03. The number of likely N-dealkylation sites (tertiary alicyclic amines) is 1. The molecule has 0 spiro atoms. The van der Waals surface area contributed by atoms with E-state index in [9.17, 15) is 14.3 Å². The molecule has 4 heterocycles. The van der Waals surface area contributed by atoms with Crippen molar-refractivity contribution in [2.45, 2.75) is 38.1 Å². The molecule has 3 aliphatic rings. The molecule has 1 amide bonds. The van der Waals surface area contributed by atoms with Crippen LogP contribution in [0.1, 0.15) is 32.1 Å². The number of pyridine rings is 1. The summed E-state index contributed by atoms with van der Waals surface area (Å²) >= 11 is 5.94. The highest BCUT2D eigenvalue weighted by atomic mass is 35.5. The molecule has 2 aromatic rings. The number of carboxylic acid groups (broad SMARTS) is 1. The number of piperazine rings is 1. The van der Waals surface area contributed by atoms with Gasteiger partial charge in [-0.05, 0) is 39.3 Å². The maximum Gasteiger partial charge on any atom is 0.407 e. The second-order valence-corrected chi connectivity index (χ2v) is 9.71. The molecule has 1 saturated carbocycles. The highest BCUT2D eigenvalue weighted by Crippen LogP contribution is 2.47. The van der Waals surface area contributed by atoms with Gasteiger partial charge in [-0.25, -0.2) is 14.2 Å². The van der Waals surface area contributed by atoms with Crippen LogP contribution in [0.2, 0.25) is 5.15 Å². The van der Waals surface area contributed by atoms with E-state index < -0.39 is 11.9 Å². The Morgan fingerprint density at radius 3 is 2.76 bits per heavy atom. The van der Waals surface area contributed by atoms with Crippen molar-refractivity contribution in [3.8, 4) is 6.01 Å². The largest absolute Gasteiger partial charge is 0.465 e. The molecule has 178 valence electrons. The smallest absolute Gasteiger partial charge is 0.407 e. The van der Waals surface area contributed by atoms with Gasteiger partial charge in [-0.1, -0.05) is 18.0 Å². The number of anilines is 1. The molecular formula is C22H28ClFN6O3. The average molecular weight is 479 g/mol. The number of rotatable bonds is 4. The summed E-state index contributed by atoms with van der Waals surface area (Å²) < 4.78 is 21.1. The van der Waals surface area contributed by atoms with Gasteiger partial charge in [-0.2, -0.15) is 9.97 Å². The van der Waals surface area contributed by atoms with Crippen molar-refractivity contribution in [1.82, 2.24) is 24.8 Å². The van der Waals surface area contributed by atoms with Crippen molar-refractivity contribution in [1.29, 1.82) is 0 Å². The standard InChI is InChI=1S/C22H28ClFN6O3/c1-28-7-3-6-22(5-2-4-15(22)28)13-33-20-26-17-14(12-25-18(23)16(17)24)19(27-20)29-8-10-30(11-9-29)21(31)32/h12,15H,2-11,13H2,1H3,(H,31,32)/t15-,22-/m1/s1. The summed E-state index contributed by atoms with van der Waals surface area (Å²) in [7, 11) is 2.18. The number of amides is 1. The molecule has 2 saturated heterocycles. The monoisotopic (exact) mass is 478 g/mol. The first-order valence-corrected chi connectivity index (χ1v) is 11.8. The van der Waals surface area contributed by atoms with Crippen molar-refractivity contribution in [3.63, 3.8) is 0 Å². The van der Waals surface area contributed by atoms with E-state index >= 15 is 0 Å². The lowest BCUT2D eigenvalue weighted by Gasteiger charge is -2.44. The Morgan fingerprint density at radius 2 is 2.00 bits per heavy atom. The Labute approximate surface area is 196 Å². The zero-order valence-corrected chi connectivity index (χ0v) is 19.4. The van der Waals surface area contributed by atoms with Gasteiger partial charge in [0.25, 0.3) is 0 Å². The van der Waals surface area contributed by atoms with Gasteiger partial charge in [-0.15, -0.1) is 0 Å². The predicted molar refractivity (Wildman–Crippen MR) is 122 cm³/mol. The summed E-state index contributed by atoms with van der Waals surface area (Å²) in [5.74, 6) is -0.217. The number of halogens is 2. The highest BCUT2D eigenvalue weighted by molar-refractivity contribution is 6.30. The number of nitrogens with zero attached hydrogens (tertiary/aromatic N) is 6. The molecule has 11 heteroatoms. The molecule has 1 aliphatic carbocycles. The van der Waals surface area contributed by atoms with E-state index in [1.165, 1.54) is 17.5 Å². The summed E-state index contributed by atoms with van der Waals surface area (Å²) in [4.78, 5) is 29.9. The molecule has 9 nitrogen and oxygen atoms in total. The maximum absolute atomic E-state index is 14.9. The molecule has 1 N–H and O–H groups in total. The lowest BCUT2D eigenvalue weighted by Crippen LogP contribution is -2.50. The summed E-state index contributed by atoms with van der Waals surface area (Å²) in [6.07, 6.45) is 6.18. The fraction of sp³-hybridized carbons (Fsp3) is 0.636. The predicted octanol–water partition coefficient (Wildman–Crippen LogP) is 3.26. The quantitative estimate of drug-likeness (QED) is 0.669. The Balaban J connectivity index is 1.45. The zero-order valence-electron chi connectivity index (χ0n) is 18.6. The van der Waals surface area contributed by atoms with Gasteiger partial charge in [0.1, 0.15) is 11.3 Å². The van der Waals surface area contributed by atoms with Gasteiger partial charge in [0, 0.05) is 43.8 Å². The molecule has 0 bridgehead atoms. The topological polar surface area (TPSA) is 94.9 Å². The minimum atomic E-state index is -0.950. The van der Waals surface area contributed by atoms with Crippen LogP contribution in [0.25, 0.3) is 10.9 Å². The molecule has 2 aliphatic heterocycles. The number of carbonyl (C=O) groups is 1. The number of hydrogen-bond acceptors (Lipinski definition) is 7. The number of aromatic nitrogens is 3. The van der Waals surface area contributed by atoms with E-state index in [1.807, 2.05) is 4.90 Å².